The first-order valence-electron chi connectivity index (χ1n) is 4.77. The number of fused-ring (bicyclic) bond motifs is 1. The molecule has 0 aliphatic carbocycles. The summed E-state index contributed by atoms with van der Waals surface area (Å²) in [6.07, 6.45) is -5.35. The van der Waals surface area contributed by atoms with Gasteiger partial charge in [0.25, 0.3) is 5.91 Å². The predicted molar refractivity (Wildman–Crippen MR) is 54.6 cm³/mol. The molecule has 1 heterocycles. The fourth-order valence-corrected chi connectivity index (χ4v) is 1.50. The maximum absolute atomic E-state index is 12.5. The second-order valence-electron chi connectivity index (χ2n) is 3.69. The molecule has 1 atom stereocenters. The number of anilines is 2. The van der Waals surface area contributed by atoms with E-state index in [2.05, 4.69) is 5.32 Å². The molecule has 1 aliphatic rings. The van der Waals surface area contributed by atoms with Gasteiger partial charge in [0.1, 0.15) is 11.4 Å². The van der Waals surface area contributed by atoms with Crippen LogP contribution in [-0.2, 0) is 11.0 Å². The van der Waals surface area contributed by atoms with Gasteiger partial charge in [0.2, 0.25) is 0 Å². The minimum Gasteiger partial charge on any atom is -0.479 e. The maximum atomic E-state index is 12.5. The molecule has 17 heavy (non-hydrogen) atoms. The molecule has 1 aliphatic heterocycles. The van der Waals surface area contributed by atoms with Crippen LogP contribution in [0.5, 0.6) is 5.75 Å². The molecule has 0 bridgehead atoms. The highest BCUT2D eigenvalue weighted by atomic mass is 19.4. The minimum absolute atomic E-state index is 0.0653. The summed E-state index contributed by atoms with van der Waals surface area (Å²) in [5.74, 6) is -0.506. The van der Waals surface area contributed by atoms with Gasteiger partial charge in [-0.1, -0.05) is 0 Å². The monoisotopic (exact) mass is 246 g/mol. The van der Waals surface area contributed by atoms with Crippen molar-refractivity contribution in [3.63, 3.8) is 0 Å². The lowest BCUT2D eigenvalue weighted by molar-refractivity contribution is -0.137. The van der Waals surface area contributed by atoms with Crippen LogP contribution in [0.25, 0.3) is 0 Å². The molecule has 0 spiro atoms. The van der Waals surface area contributed by atoms with Crippen molar-refractivity contribution in [1.82, 2.24) is 0 Å². The van der Waals surface area contributed by atoms with Gasteiger partial charge in [0.05, 0.1) is 11.3 Å². The van der Waals surface area contributed by atoms with Gasteiger partial charge in [-0.3, -0.25) is 4.79 Å². The molecule has 0 aromatic heterocycles. The van der Waals surface area contributed by atoms with Gasteiger partial charge in [-0.25, -0.2) is 0 Å². The highest BCUT2D eigenvalue weighted by Gasteiger charge is 2.34. The lowest BCUT2D eigenvalue weighted by atomic mass is 10.1. The smallest absolute Gasteiger partial charge is 0.416 e. The number of ether oxygens (including phenoxy) is 1. The molecular formula is C10H9F3N2O2. The van der Waals surface area contributed by atoms with Crippen LogP contribution in [-0.4, -0.2) is 12.0 Å². The number of nitrogens with one attached hydrogen (secondary N) is 1. The summed E-state index contributed by atoms with van der Waals surface area (Å²) < 4.78 is 42.6. The number of alkyl halides is 3. The minimum atomic E-state index is -4.50. The molecule has 1 unspecified atom stereocenters. The first kappa shape index (κ1) is 11.6. The fourth-order valence-electron chi connectivity index (χ4n) is 1.50. The van der Waals surface area contributed by atoms with E-state index in [4.69, 9.17) is 10.5 Å². The Balaban J connectivity index is 2.52. The molecule has 4 nitrogen and oxygen atoms in total. The molecule has 3 N–H and O–H groups in total. The van der Waals surface area contributed by atoms with E-state index < -0.39 is 23.8 Å². The number of benzene rings is 1. The number of carbonyl (C=O) groups excluding carboxylic acids is 1. The Labute approximate surface area is 94.5 Å². The average Bonchev–Trinajstić information content (AvgIpc) is 2.19. The Hall–Kier alpha value is -1.92. The molecule has 7 heteroatoms. The van der Waals surface area contributed by atoms with Crippen molar-refractivity contribution in [3.8, 4) is 5.75 Å². The first-order chi connectivity index (χ1) is 7.79. The second-order valence-corrected chi connectivity index (χ2v) is 3.69. The number of hydrogen-bond acceptors (Lipinski definition) is 3. The molecule has 0 radical (unpaired) electrons. The summed E-state index contributed by atoms with van der Waals surface area (Å²) in [5, 5.41) is 2.40. The average molecular weight is 246 g/mol. The zero-order chi connectivity index (χ0) is 12.8. The van der Waals surface area contributed by atoms with Crippen molar-refractivity contribution in [2.45, 2.75) is 19.2 Å². The van der Waals surface area contributed by atoms with Crippen molar-refractivity contribution in [2.75, 3.05) is 11.1 Å². The molecule has 0 saturated heterocycles. The summed E-state index contributed by atoms with van der Waals surface area (Å²) in [6.45, 7) is 1.44. The summed E-state index contributed by atoms with van der Waals surface area (Å²) in [7, 11) is 0. The molecule has 1 aromatic rings. The topological polar surface area (TPSA) is 64.3 Å². The van der Waals surface area contributed by atoms with Crippen LogP contribution in [0.3, 0.4) is 0 Å². The molecular weight excluding hydrogens is 237 g/mol. The zero-order valence-electron chi connectivity index (χ0n) is 8.76. The van der Waals surface area contributed by atoms with Crippen molar-refractivity contribution in [1.29, 1.82) is 0 Å². The standard InChI is InChI=1S/C10H9F3N2O2/c1-4-9(16)15-8-6(14)2-5(10(11,12)13)3-7(8)17-4/h2-4H,14H2,1H3,(H,15,16). The zero-order valence-corrected chi connectivity index (χ0v) is 8.76. The van der Waals surface area contributed by atoms with Crippen LogP contribution in [0, 0.1) is 0 Å². The molecule has 1 amide bonds. The Morgan fingerprint density at radius 1 is 1.41 bits per heavy atom. The summed E-state index contributed by atoms with van der Waals surface area (Å²) >= 11 is 0. The quantitative estimate of drug-likeness (QED) is 0.688. The number of nitrogen functional groups attached to an aromatic ring is 1. The largest absolute Gasteiger partial charge is 0.479 e. The summed E-state index contributed by atoms with van der Waals surface area (Å²) in [6, 6.07) is 1.58. The SMILES string of the molecule is CC1Oc2cc(C(F)(F)F)cc(N)c2NC1=O. The van der Waals surface area contributed by atoms with E-state index in [0.717, 1.165) is 12.1 Å². The molecule has 0 fully saturated rings. The molecule has 92 valence electrons. The van der Waals surface area contributed by atoms with Gasteiger partial charge in [-0.2, -0.15) is 13.2 Å². The van der Waals surface area contributed by atoms with Crippen LogP contribution >= 0.6 is 0 Å². The number of nitrogens with two attached hydrogens (primary N) is 1. The van der Waals surface area contributed by atoms with Crippen LogP contribution in [0.4, 0.5) is 24.5 Å². The highest BCUT2D eigenvalue weighted by molar-refractivity contribution is 6.00. The Morgan fingerprint density at radius 3 is 2.65 bits per heavy atom. The highest BCUT2D eigenvalue weighted by Crippen LogP contribution is 2.41. The third-order valence-corrected chi connectivity index (χ3v) is 2.38. The third-order valence-electron chi connectivity index (χ3n) is 2.38. The van der Waals surface area contributed by atoms with E-state index in [1.807, 2.05) is 0 Å². The van der Waals surface area contributed by atoms with Gasteiger partial charge < -0.3 is 15.8 Å². The number of hydrogen-bond donors (Lipinski definition) is 2. The van der Waals surface area contributed by atoms with Gasteiger partial charge >= 0.3 is 6.18 Å². The van der Waals surface area contributed by atoms with Crippen LogP contribution in [0.2, 0.25) is 0 Å². The van der Waals surface area contributed by atoms with E-state index >= 15 is 0 Å². The Bertz CT molecular complexity index is 485. The Morgan fingerprint density at radius 2 is 2.06 bits per heavy atom. The van der Waals surface area contributed by atoms with E-state index in [0.29, 0.717) is 0 Å². The van der Waals surface area contributed by atoms with Crippen molar-refractivity contribution in [3.05, 3.63) is 17.7 Å². The van der Waals surface area contributed by atoms with E-state index in [1.165, 1.54) is 6.92 Å². The van der Waals surface area contributed by atoms with Crippen LogP contribution in [0.15, 0.2) is 12.1 Å². The first-order valence-corrected chi connectivity index (χ1v) is 4.77. The summed E-state index contributed by atoms with van der Waals surface area (Å²) in [5.41, 5.74) is 4.46. The van der Waals surface area contributed by atoms with Gasteiger partial charge in [-0.15, -0.1) is 0 Å². The number of amides is 1. The van der Waals surface area contributed by atoms with Crippen LogP contribution in [0.1, 0.15) is 12.5 Å². The Kier molecular flexibility index (Phi) is 2.41. The van der Waals surface area contributed by atoms with Gasteiger partial charge in [0.15, 0.2) is 6.10 Å². The van der Waals surface area contributed by atoms with E-state index in [9.17, 15) is 18.0 Å². The van der Waals surface area contributed by atoms with E-state index in [1.54, 1.807) is 0 Å². The number of halogens is 3. The van der Waals surface area contributed by atoms with Crippen LogP contribution < -0.4 is 15.8 Å². The molecule has 2 rings (SSSR count). The van der Waals surface area contributed by atoms with Crippen molar-refractivity contribution >= 4 is 17.3 Å². The maximum Gasteiger partial charge on any atom is 0.416 e. The number of rotatable bonds is 0. The van der Waals surface area contributed by atoms with E-state index in [-0.39, 0.29) is 17.1 Å². The molecule has 1 aromatic carbocycles. The van der Waals surface area contributed by atoms with Crippen molar-refractivity contribution in [2.24, 2.45) is 0 Å². The lowest BCUT2D eigenvalue weighted by Gasteiger charge is -2.25. The van der Waals surface area contributed by atoms with Gasteiger partial charge in [-0.05, 0) is 19.1 Å². The summed E-state index contributed by atoms with van der Waals surface area (Å²) in [4.78, 5) is 11.3. The number of carbonyl (C=O) groups is 1. The lowest BCUT2D eigenvalue weighted by Crippen LogP contribution is -2.35. The van der Waals surface area contributed by atoms with Gasteiger partial charge in [0, 0.05) is 0 Å². The normalized spacial score (nSPS) is 19.3. The fraction of sp³-hybridized carbons (Fsp3) is 0.300. The predicted octanol–water partition coefficient (Wildman–Crippen LogP) is 2.01. The second kappa shape index (κ2) is 3.54. The molecule has 0 saturated carbocycles. The van der Waals surface area contributed by atoms with Crippen molar-refractivity contribution < 1.29 is 22.7 Å². The third kappa shape index (κ3) is 2.00.